The average molecular weight is 201 g/mol. The highest BCUT2D eigenvalue weighted by molar-refractivity contribution is 5.09. The Morgan fingerprint density at radius 1 is 1.50 bits per heavy atom. The molecule has 0 bridgehead atoms. The maximum absolute atomic E-state index is 13.2. The van der Waals surface area contributed by atoms with Crippen LogP contribution in [0.1, 0.15) is 27.2 Å². The summed E-state index contributed by atoms with van der Waals surface area (Å²) in [5, 5.41) is 0. The minimum atomic E-state index is -2.53. The molecule has 1 saturated heterocycles. The van der Waals surface area contributed by atoms with E-state index in [0.717, 1.165) is 0 Å². The zero-order valence-electron chi connectivity index (χ0n) is 8.98. The van der Waals surface area contributed by atoms with E-state index in [0.29, 0.717) is 13.1 Å². The second-order valence-electron chi connectivity index (χ2n) is 4.56. The standard InChI is InChI=1S/C11H17F2N/c1-5-10(3,4)14-7-6-11(12,13)9(2)8-14/h1,9H,6-8H2,2-4H3. The van der Waals surface area contributed by atoms with Crippen molar-refractivity contribution in [2.24, 2.45) is 5.92 Å². The molecule has 1 rings (SSSR count). The molecule has 1 fully saturated rings. The van der Waals surface area contributed by atoms with Crippen LogP contribution in [0.15, 0.2) is 0 Å². The summed E-state index contributed by atoms with van der Waals surface area (Å²) < 4.78 is 26.4. The van der Waals surface area contributed by atoms with Gasteiger partial charge >= 0.3 is 0 Å². The van der Waals surface area contributed by atoms with Crippen LogP contribution in [0.2, 0.25) is 0 Å². The summed E-state index contributed by atoms with van der Waals surface area (Å²) in [6.07, 6.45) is 5.29. The summed E-state index contributed by atoms with van der Waals surface area (Å²) in [4.78, 5) is 1.95. The Balaban J connectivity index is 2.70. The maximum atomic E-state index is 13.2. The van der Waals surface area contributed by atoms with Gasteiger partial charge in [-0.2, -0.15) is 0 Å². The zero-order valence-corrected chi connectivity index (χ0v) is 8.98. The van der Waals surface area contributed by atoms with Crippen molar-refractivity contribution in [2.75, 3.05) is 13.1 Å². The number of alkyl halides is 2. The molecule has 0 aliphatic carbocycles. The van der Waals surface area contributed by atoms with Gasteiger partial charge in [0.05, 0.1) is 5.54 Å². The van der Waals surface area contributed by atoms with Crippen molar-refractivity contribution in [3.63, 3.8) is 0 Å². The molecule has 0 aromatic carbocycles. The number of nitrogens with zero attached hydrogens (tertiary/aromatic N) is 1. The first kappa shape index (κ1) is 11.5. The van der Waals surface area contributed by atoms with Gasteiger partial charge in [-0.05, 0) is 13.8 Å². The Kier molecular flexibility index (Phi) is 2.87. The van der Waals surface area contributed by atoms with Gasteiger partial charge in [-0.3, -0.25) is 4.90 Å². The number of likely N-dealkylation sites (tertiary alicyclic amines) is 1. The molecule has 1 heterocycles. The SMILES string of the molecule is C#CC(C)(C)N1CCC(F)(F)C(C)C1. The van der Waals surface area contributed by atoms with Gasteiger partial charge in [0, 0.05) is 25.4 Å². The Morgan fingerprint density at radius 3 is 2.50 bits per heavy atom. The number of hydrogen-bond acceptors (Lipinski definition) is 1. The first-order chi connectivity index (χ1) is 6.29. The Labute approximate surface area is 84.5 Å². The van der Waals surface area contributed by atoms with E-state index in [1.54, 1.807) is 6.92 Å². The fraction of sp³-hybridized carbons (Fsp3) is 0.818. The lowest BCUT2D eigenvalue weighted by atomic mass is 9.91. The highest BCUT2D eigenvalue weighted by Gasteiger charge is 2.43. The van der Waals surface area contributed by atoms with Crippen LogP contribution in [-0.4, -0.2) is 29.5 Å². The number of piperidine rings is 1. The minimum absolute atomic E-state index is 0.0841. The molecule has 14 heavy (non-hydrogen) atoms. The monoisotopic (exact) mass is 201 g/mol. The molecule has 3 heteroatoms. The number of rotatable bonds is 1. The predicted molar refractivity (Wildman–Crippen MR) is 53.2 cm³/mol. The van der Waals surface area contributed by atoms with Crippen molar-refractivity contribution < 1.29 is 8.78 Å². The van der Waals surface area contributed by atoms with Crippen LogP contribution in [0, 0.1) is 18.3 Å². The number of hydrogen-bond donors (Lipinski definition) is 0. The van der Waals surface area contributed by atoms with E-state index in [1.807, 2.05) is 18.7 Å². The molecule has 0 N–H and O–H groups in total. The summed E-state index contributed by atoms with van der Waals surface area (Å²) in [5.41, 5.74) is -0.412. The average Bonchev–Trinajstić information content (AvgIpc) is 2.09. The van der Waals surface area contributed by atoms with Crippen LogP contribution < -0.4 is 0 Å². The van der Waals surface area contributed by atoms with Crippen molar-refractivity contribution in [1.29, 1.82) is 0 Å². The lowest BCUT2D eigenvalue weighted by molar-refractivity contribution is -0.109. The fourth-order valence-corrected chi connectivity index (χ4v) is 1.68. The predicted octanol–water partition coefficient (Wildman–Crippen LogP) is 2.38. The van der Waals surface area contributed by atoms with E-state index >= 15 is 0 Å². The largest absolute Gasteiger partial charge is 0.287 e. The van der Waals surface area contributed by atoms with Crippen molar-refractivity contribution in [1.82, 2.24) is 4.90 Å². The Bertz CT molecular complexity index is 253. The first-order valence-corrected chi connectivity index (χ1v) is 4.90. The van der Waals surface area contributed by atoms with Crippen LogP contribution in [-0.2, 0) is 0 Å². The first-order valence-electron chi connectivity index (χ1n) is 4.90. The van der Waals surface area contributed by atoms with E-state index in [4.69, 9.17) is 6.42 Å². The van der Waals surface area contributed by atoms with Gasteiger partial charge in [-0.25, -0.2) is 8.78 Å². The molecular weight excluding hydrogens is 184 g/mol. The van der Waals surface area contributed by atoms with Crippen LogP contribution in [0.3, 0.4) is 0 Å². The van der Waals surface area contributed by atoms with Crippen LogP contribution in [0.4, 0.5) is 8.78 Å². The molecule has 1 atom stereocenters. The molecule has 1 nitrogen and oxygen atoms in total. The molecule has 1 unspecified atom stereocenters. The van der Waals surface area contributed by atoms with Gasteiger partial charge in [-0.15, -0.1) is 6.42 Å². The summed E-state index contributed by atoms with van der Waals surface area (Å²) in [5.74, 6) is -0.494. The highest BCUT2D eigenvalue weighted by Crippen LogP contribution is 2.35. The topological polar surface area (TPSA) is 3.24 Å². The molecule has 0 spiro atoms. The second-order valence-corrected chi connectivity index (χ2v) is 4.56. The smallest absolute Gasteiger partial charge is 0.253 e. The van der Waals surface area contributed by atoms with Gasteiger partial charge in [0.25, 0.3) is 5.92 Å². The lowest BCUT2D eigenvalue weighted by Gasteiger charge is -2.43. The molecule has 0 amide bonds. The summed E-state index contributed by atoms with van der Waals surface area (Å²) in [7, 11) is 0. The Morgan fingerprint density at radius 2 is 2.07 bits per heavy atom. The summed E-state index contributed by atoms with van der Waals surface area (Å²) >= 11 is 0. The summed E-state index contributed by atoms with van der Waals surface area (Å²) in [6, 6.07) is 0. The lowest BCUT2D eigenvalue weighted by Crippen LogP contribution is -2.53. The third-order valence-corrected chi connectivity index (χ3v) is 3.07. The molecule has 0 radical (unpaired) electrons. The molecule has 1 aliphatic heterocycles. The molecule has 80 valence electrons. The van der Waals surface area contributed by atoms with Crippen molar-refractivity contribution in [3.05, 3.63) is 0 Å². The Hall–Kier alpha value is -0.620. The highest BCUT2D eigenvalue weighted by atomic mass is 19.3. The van der Waals surface area contributed by atoms with Crippen molar-refractivity contribution in [2.45, 2.75) is 38.7 Å². The van der Waals surface area contributed by atoms with E-state index in [9.17, 15) is 8.78 Å². The van der Waals surface area contributed by atoms with E-state index in [-0.39, 0.29) is 6.42 Å². The van der Waals surface area contributed by atoms with Crippen LogP contribution >= 0.6 is 0 Å². The third kappa shape index (κ3) is 2.06. The molecule has 0 aromatic rings. The van der Waals surface area contributed by atoms with E-state index in [1.165, 1.54) is 0 Å². The molecular formula is C11H17F2N. The molecule has 0 saturated carbocycles. The van der Waals surface area contributed by atoms with Crippen molar-refractivity contribution >= 4 is 0 Å². The zero-order chi connectivity index (χ0) is 11.0. The van der Waals surface area contributed by atoms with Crippen molar-refractivity contribution in [3.8, 4) is 12.3 Å². The van der Waals surface area contributed by atoms with E-state index in [2.05, 4.69) is 5.92 Å². The molecule has 1 aliphatic rings. The van der Waals surface area contributed by atoms with Gasteiger partial charge in [0.15, 0.2) is 0 Å². The molecule has 0 aromatic heterocycles. The van der Waals surface area contributed by atoms with Crippen LogP contribution in [0.5, 0.6) is 0 Å². The number of terminal acetylenes is 1. The van der Waals surface area contributed by atoms with Gasteiger partial charge in [0.2, 0.25) is 0 Å². The van der Waals surface area contributed by atoms with Gasteiger partial charge < -0.3 is 0 Å². The van der Waals surface area contributed by atoms with Gasteiger partial charge in [0.1, 0.15) is 0 Å². The third-order valence-electron chi connectivity index (χ3n) is 3.07. The van der Waals surface area contributed by atoms with Gasteiger partial charge in [-0.1, -0.05) is 12.8 Å². The van der Waals surface area contributed by atoms with E-state index < -0.39 is 17.4 Å². The van der Waals surface area contributed by atoms with Crippen LogP contribution in [0.25, 0.3) is 0 Å². The fourth-order valence-electron chi connectivity index (χ4n) is 1.68. The second kappa shape index (κ2) is 3.51. The normalized spacial score (nSPS) is 28.4. The minimum Gasteiger partial charge on any atom is -0.287 e. The quantitative estimate of drug-likeness (QED) is 0.589. The number of halogens is 2. The summed E-state index contributed by atoms with van der Waals surface area (Å²) in [6.45, 7) is 6.13. The maximum Gasteiger partial charge on any atom is 0.253 e.